The van der Waals surface area contributed by atoms with E-state index in [2.05, 4.69) is 13.8 Å². The van der Waals surface area contributed by atoms with Crippen LogP contribution in [0.3, 0.4) is 0 Å². The zero-order chi connectivity index (χ0) is 8.22. The van der Waals surface area contributed by atoms with Crippen molar-refractivity contribution in [2.75, 3.05) is 0 Å². The molecule has 0 heterocycles. The van der Waals surface area contributed by atoms with Crippen LogP contribution in [0.4, 0.5) is 0 Å². The van der Waals surface area contributed by atoms with E-state index in [0.29, 0.717) is 11.8 Å². The molecule has 2 heteroatoms. The largest absolute Gasteiger partial charge is 0.390 e. The molecule has 3 aliphatic carbocycles. The zero-order valence-electron chi connectivity index (χ0n) is 7.12. The van der Waals surface area contributed by atoms with Crippen molar-refractivity contribution in [3.05, 3.63) is 0 Å². The molecule has 3 fully saturated rings. The molecule has 0 unspecified atom stereocenters. The van der Waals surface area contributed by atoms with E-state index < -0.39 is 12.2 Å². The number of rotatable bonds is 0. The monoisotopic (exact) mass is 156 g/mol. The van der Waals surface area contributed by atoms with Crippen LogP contribution in [-0.4, -0.2) is 22.4 Å². The first kappa shape index (κ1) is 7.56. The minimum atomic E-state index is -0.463. The van der Waals surface area contributed by atoms with Gasteiger partial charge in [0.2, 0.25) is 0 Å². The Hall–Kier alpha value is -0.0800. The molecule has 11 heavy (non-hydrogen) atoms. The number of aliphatic hydroxyl groups excluding tert-OH is 2. The third-order valence-electron chi connectivity index (χ3n) is 3.88. The zero-order valence-corrected chi connectivity index (χ0v) is 7.12. The Morgan fingerprint density at radius 2 is 1.82 bits per heavy atom. The van der Waals surface area contributed by atoms with Gasteiger partial charge in [0.05, 0.1) is 12.2 Å². The summed E-state index contributed by atoms with van der Waals surface area (Å²) in [6.45, 7) is 4.39. The van der Waals surface area contributed by atoms with E-state index in [-0.39, 0.29) is 5.41 Å². The lowest BCUT2D eigenvalue weighted by Crippen LogP contribution is -2.60. The summed E-state index contributed by atoms with van der Waals surface area (Å²) in [6, 6.07) is 0. The second kappa shape index (κ2) is 1.99. The molecule has 3 rings (SSSR count). The highest BCUT2D eigenvalue weighted by Gasteiger charge is 2.57. The topological polar surface area (TPSA) is 40.5 Å². The summed E-state index contributed by atoms with van der Waals surface area (Å²) in [5.74, 6) is 0.988. The summed E-state index contributed by atoms with van der Waals surface area (Å²) in [5, 5.41) is 18.9. The van der Waals surface area contributed by atoms with Crippen molar-refractivity contribution in [3.63, 3.8) is 0 Å². The van der Waals surface area contributed by atoms with Crippen LogP contribution in [0.1, 0.15) is 26.7 Å². The molecule has 3 saturated carbocycles. The molecule has 2 nitrogen and oxygen atoms in total. The van der Waals surface area contributed by atoms with Crippen molar-refractivity contribution in [2.45, 2.75) is 38.9 Å². The van der Waals surface area contributed by atoms with Gasteiger partial charge in [0.25, 0.3) is 0 Å². The van der Waals surface area contributed by atoms with Gasteiger partial charge in [-0.05, 0) is 30.1 Å². The van der Waals surface area contributed by atoms with Crippen LogP contribution in [-0.2, 0) is 0 Å². The lowest BCUT2D eigenvalue weighted by atomic mass is 9.47. The maximum atomic E-state index is 9.57. The molecule has 0 saturated heterocycles. The van der Waals surface area contributed by atoms with Crippen molar-refractivity contribution in [3.8, 4) is 0 Å². The molecule has 4 atom stereocenters. The number of hydrogen-bond acceptors (Lipinski definition) is 2. The molecule has 0 spiro atoms. The molecule has 0 aromatic heterocycles. The van der Waals surface area contributed by atoms with Crippen LogP contribution >= 0.6 is 0 Å². The Kier molecular flexibility index (Phi) is 1.37. The molecule has 0 aromatic rings. The van der Waals surface area contributed by atoms with Crippen LogP contribution in [0.5, 0.6) is 0 Å². The summed E-state index contributed by atoms with van der Waals surface area (Å²) >= 11 is 0. The summed E-state index contributed by atoms with van der Waals surface area (Å²) in [4.78, 5) is 0. The third-order valence-corrected chi connectivity index (χ3v) is 3.88. The number of hydrogen-bond donors (Lipinski definition) is 2. The smallest absolute Gasteiger partial charge is 0.0832 e. The van der Waals surface area contributed by atoms with Crippen LogP contribution in [0.25, 0.3) is 0 Å². The maximum Gasteiger partial charge on any atom is 0.0832 e. The summed E-state index contributed by atoms with van der Waals surface area (Å²) < 4.78 is 0. The van der Waals surface area contributed by atoms with Gasteiger partial charge in [0.15, 0.2) is 0 Å². The average Bonchev–Trinajstić information content (AvgIpc) is 1.93. The highest BCUT2D eigenvalue weighted by atomic mass is 16.3. The van der Waals surface area contributed by atoms with Gasteiger partial charge in [-0.1, -0.05) is 13.8 Å². The van der Waals surface area contributed by atoms with Crippen molar-refractivity contribution >= 4 is 0 Å². The standard InChI is InChI=1S/C9H16O2/c1-9(2)5-3-6(9)8(11)7(10)4-5/h5-8,10-11H,3-4H2,1-2H3/t5-,6+,7+,8-/m0/s1. The quantitative estimate of drug-likeness (QED) is 0.544. The van der Waals surface area contributed by atoms with E-state index >= 15 is 0 Å². The first-order valence-corrected chi connectivity index (χ1v) is 4.39. The average molecular weight is 156 g/mol. The minimum Gasteiger partial charge on any atom is -0.390 e. The normalized spacial score (nSPS) is 53.5. The molecule has 3 aliphatic rings. The minimum absolute atomic E-state index is 0.276. The third kappa shape index (κ3) is 0.798. The Labute approximate surface area is 67.2 Å². The Morgan fingerprint density at radius 3 is 2.18 bits per heavy atom. The molecule has 2 bridgehead atoms. The second-order valence-electron chi connectivity index (χ2n) is 4.65. The van der Waals surface area contributed by atoms with Gasteiger partial charge in [0.1, 0.15) is 0 Å². The predicted molar refractivity (Wildman–Crippen MR) is 42.0 cm³/mol. The highest BCUT2D eigenvalue weighted by Crippen LogP contribution is 2.58. The lowest BCUT2D eigenvalue weighted by Gasteiger charge is -2.60. The van der Waals surface area contributed by atoms with Crippen LogP contribution in [0.15, 0.2) is 0 Å². The molecular weight excluding hydrogens is 140 g/mol. The van der Waals surface area contributed by atoms with Crippen LogP contribution in [0, 0.1) is 17.3 Å². The Balaban J connectivity index is 2.17. The van der Waals surface area contributed by atoms with Gasteiger partial charge in [-0.2, -0.15) is 0 Å². The van der Waals surface area contributed by atoms with E-state index in [0.717, 1.165) is 12.8 Å². The fourth-order valence-corrected chi connectivity index (χ4v) is 2.73. The van der Waals surface area contributed by atoms with Gasteiger partial charge >= 0.3 is 0 Å². The summed E-state index contributed by atoms with van der Waals surface area (Å²) in [7, 11) is 0. The van der Waals surface area contributed by atoms with Gasteiger partial charge in [0, 0.05) is 0 Å². The van der Waals surface area contributed by atoms with Crippen molar-refractivity contribution in [2.24, 2.45) is 17.3 Å². The maximum absolute atomic E-state index is 9.57. The van der Waals surface area contributed by atoms with Gasteiger partial charge in [-0.15, -0.1) is 0 Å². The van der Waals surface area contributed by atoms with E-state index in [4.69, 9.17) is 0 Å². The SMILES string of the molecule is CC1(C)[C@@H]2C[C@@H](O)[C@@H](O)[C@H]1C2. The first-order chi connectivity index (χ1) is 5.03. The molecular formula is C9H16O2. The number of fused-ring (bicyclic) bond motifs is 2. The fraction of sp³-hybridized carbons (Fsp3) is 1.00. The Morgan fingerprint density at radius 1 is 1.18 bits per heavy atom. The summed E-state index contributed by atoms with van der Waals surface area (Å²) in [6.07, 6.45) is 0.998. The molecule has 2 N–H and O–H groups in total. The van der Waals surface area contributed by atoms with Crippen molar-refractivity contribution in [1.82, 2.24) is 0 Å². The molecule has 0 amide bonds. The van der Waals surface area contributed by atoms with Crippen LogP contribution in [0.2, 0.25) is 0 Å². The van der Waals surface area contributed by atoms with Crippen molar-refractivity contribution < 1.29 is 10.2 Å². The highest BCUT2D eigenvalue weighted by molar-refractivity contribution is 5.06. The Bertz CT molecular complexity index is 176. The van der Waals surface area contributed by atoms with Crippen LogP contribution < -0.4 is 0 Å². The molecule has 0 aliphatic heterocycles. The van der Waals surface area contributed by atoms with Gasteiger partial charge in [-0.3, -0.25) is 0 Å². The van der Waals surface area contributed by atoms with Gasteiger partial charge in [-0.25, -0.2) is 0 Å². The lowest BCUT2D eigenvalue weighted by molar-refractivity contribution is -0.192. The molecule has 0 aromatic carbocycles. The van der Waals surface area contributed by atoms with E-state index in [1.165, 1.54) is 0 Å². The first-order valence-electron chi connectivity index (χ1n) is 4.39. The fourth-order valence-electron chi connectivity index (χ4n) is 2.73. The molecule has 64 valence electrons. The van der Waals surface area contributed by atoms with E-state index in [1.807, 2.05) is 0 Å². The second-order valence-corrected chi connectivity index (χ2v) is 4.65. The number of aliphatic hydroxyl groups is 2. The summed E-state index contributed by atoms with van der Waals surface area (Å²) in [5.41, 5.74) is 0.276. The van der Waals surface area contributed by atoms with Gasteiger partial charge < -0.3 is 10.2 Å². The van der Waals surface area contributed by atoms with E-state index in [1.54, 1.807) is 0 Å². The van der Waals surface area contributed by atoms with E-state index in [9.17, 15) is 10.2 Å². The molecule has 0 radical (unpaired) electrons. The van der Waals surface area contributed by atoms with Crippen molar-refractivity contribution in [1.29, 1.82) is 0 Å². The predicted octanol–water partition coefficient (Wildman–Crippen LogP) is 0.774.